The summed E-state index contributed by atoms with van der Waals surface area (Å²) in [5.41, 5.74) is 0. The first-order valence-electron chi connectivity index (χ1n) is 8.45. The molecule has 1 amide bonds. The van der Waals surface area contributed by atoms with Crippen LogP contribution in [0.15, 0.2) is 37.1 Å². The second-order valence-corrected chi connectivity index (χ2v) is 6.03. The van der Waals surface area contributed by atoms with Crippen LogP contribution in [0.2, 0.25) is 0 Å². The molecule has 0 bridgehead atoms. The van der Waals surface area contributed by atoms with Gasteiger partial charge >= 0.3 is 0 Å². The van der Waals surface area contributed by atoms with Crippen molar-refractivity contribution in [2.24, 2.45) is 0 Å². The van der Waals surface area contributed by atoms with E-state index in [1.807, 2.05) is 34.6 Å². The Bertz CT molecular complexity index is 850. The van der Waals surface area contributed by atoms with Crippen molar-refractivity contribution in [2.75, 3.05) is 31.1 Å². The van der Waals surface area contributed by atoms with E-state index in [2.05, 4.69) is 25.2 Å². The maximum atomic E-state index is 12.9. The molecule has 0 radical (unpaired) electrons. The van der Waals surface area contributed by atoms with E-state index in [0.717, 1.165) is 25.3 Å². The molecule has 4 rings (SSSR count). The summed E-state index contributed by atoms with van der Waals surface area (Å²) in [5, 5.41) is 12.1. The smallest absolute Gasteiger partial charge is 0.256 e. The molecule has 0 saturated carbocycles. The van der Waals surface area contributed by atoms with Crippen molar-refractivity contribution >= 4 is 17.5 Å². The maximum Gasteiger partial charge on any atom is 0.256 e. The number of aromatic nitrogens is 6. The number of carbonyl (C=O) groups excluding carboxylic acids is 1. The van der Waals surface area contributed by atoms with E-state index in [1.54, 1.807) is 23.4 Å². The highest BCUT2D eigenvalue weighted by Crippen LogP contribution is 2.19. The molecule has 3 aromatic heterocycles. The van der Waals surface area contributed by atoms with E-state index in [-0.39, 0.29) is 11.9 Å². The Labute approximate surface area is 144 Å². The minimum absolute atomic E-state index is 0.134. The van der Waals surface area contributed by atoms with Gasteiger partial charge in [0, 0.05) is 44.8 Å². The molecule has 1 atom stereocenters. The molecule has 4 heterocycles. The fraction of sp³-hybridized carbons (Fsp3) is 0.438. The predicted molar refractivity (Wildman–Crippen MR) is 91.1 cm³/mol. The average molecular weight is 340 g/mol. The molecule has 25 heavy (non-hydrogen) atoms. The Morgan fingerprint density at radius 3 is 2.80 bits per heavy atom. The molecule has 1 aliphatic heterocycles. The number of carbonyl (C=O) groups is 1. The molecule has 1 aliphatic rings. The molecule has 1 fully saturated rings. The van der Waals surface area contributed by atoms with Crippen LogP contribution in [0.1, 0.15) is 19.4 Å². The highest BCUT2D eigenvalue weighted by atomic mass is 16.2. The van der Waals surface area contributed by atoms with E-state index in [0.29, 0.717) is 18.9 Å². The summed E-state index contributed by atoms with van der Waals surface area (Å²) in [6.07, 6.45) is 7.69. The van der Waals surface area contributed by atoms with E-state index < -0.39 is 0 Å². The third-order valence-electron chi connectivity index (χ3n) is 4.62. The second kappa shape index (κ2) is 6.50. The van der Waals surface area contributed by atoms with E-state index in [4.69, 9.17) is 0 Å². The van der Waals surface area contributed by atoms with Crippen LogP contribution in [-0.2, 0) is 4.79 Å². The van der Waals surface area contributed by atoms with Crippen molar-refractivity contribution in [1.29, 1.82) is 0 Å². The predicted octanol–water partition coefficient (Wildman–Crippen LogP) is 0.621. The van der Waals surface area contributed by atoms with E-state index in [9.17, 15) is 4.79 Å². The normalized spacial score (nSPS) is 16.4. The van der Waals surface area contributed by atoms with Gasteiger partial charge in [-0.05, 0) is 18.6 Å². The first-order valence-corrected chi connectivity index (χ1v) is 8.45. The Balaban J connectivity index is 1.46. The summed E-state index contributed by atoms with van der Waals surface area (Å²) >= 11 is 0. The van der Waals surface area contributed by atoms with Gasteiger partial charge in [0.2, 0.25) is 5.91 Å². The lowest BCUT2D eigenvalue weighted by atomic mass is 10.2. The number of hydrogen-bond donors (Lipinski definition) is 0. The van der Waals surface area contributed by atoms with Crippen LogP contribution in [0.3, 0.4) is 0 Å². The van der Waals surface area contributed by atoms with Crippen LogP contribution in [0.4, 0.5) is 5.82 Å². The third-order valence-corrected chi connectivity index (χ3v) is 4.62. The number of nitrogens with zero attached hydrogens (tertiary/aromatic N) is 8. The van der Waals surface area contributed by atoms with Crippen LogP contribution in [0, 0.1) is 0 Å². The SMILES string of the molecule is CCC(C(=O)N1CCN(c2ccnc3nncn23)CC1)n1cccn1. The van der Waals surface area contributed by atoms with Gasteiger partial charge < -0.3 is 9.80 Å². The minimum Gasteiger partial charge on any atom is -0.354 e. The number of amides is 1. The van der Waals surface area contributed by atoms with Crippen molar-refractivity contribution in [3.8, 4) is 0 Å². The number of piperazine rings is 1. The maximum absolute atomic E-state index is 12.9. The van der Waals surface area contributed by atoms with Crippen LogP contribution in [0.25, 0.3) is 5.78 Å². The van der Waals surface area contributed by atoms with Gasteiger partial charge in [-0.25, -0.2) is 4.98 Å². The quantitative estimate of drug-likeness (QED) is 0.692. The summed E-state index contributed by atoms with van der Waals surface area (Å²) in [4.78, 5) is 21.2. The van der Waals surface area contributed by atoms with Crippen molar-refractivity contribution in [3.05, 3.63) is 37.1 Å². The molecule has 130 valence electrons. The van der Waals surface area contributed by atoms with Crippen LogP contribution >= 0.6 is 0 Å². The highest BCUT2D eigenvalue weighted by molar-refractivity contribution is 5.80. The van der Waals surface area contributed by atoms with Gasteiger partial charge in [0.1, 0.15) is 18.2 Å². The van der Waals surface area contributed by atoms with Gasteiger partial charge in [0.25, 0.3) is 5.78 Å². The van der Waals surface area contributed by atoms with E-state index in [1.165, 1.54) is 0 Å². The Morgan fingerprint density at radius 2 is 2.08 bits per heavy atom. The fourth-order valence-corrected chi connectivity index (χ4v) is 3.29. The Kier molecular flexibility index (Phi) is 4.04. The third kappa shape index (κ3) is 2.81. The highest BCUT2D eigenvalue weighted by Gasteiger charge is 2.28. The van der Waals surface area contributed by atoms with E-state index >= 15 is 0 Å². The zero-order valence-corrected chi connectivity index (χ0v) is 14.1. The average Bonchev–Trinajstić information content (AvgIpc) is 3.34. The molecule has 1 saturated heterocycles. The zero-order chi connectivity index (χ0) is 17.2. The second-order valence-electron chi connectivity index (χ2n) is 6.03. The lowest BCUT2D eigenvalue weighted by molar-refractivity contribution is -0.135. The zero-order valence-electron chi connectivity index (χ0n) is 14.1. The number of anilines is 1. The molecule has 0 N–H and O–H groups in total. The first-order chi connectivity index (χ1) is 12.3. The lowest BCUT2D eigenvalue weighted by Gasteiger charge is -2.37. The van der Waals surface area contributed by atoms with Crippen LogP contribution in [-0.4, -0.2) is 66.3 Å². The van der Waals surface area contributed by atoms with Gasteiger partial charge in [-0.15, -0.1) is 10.2 Å². The summed E-state index contributed by atoms with van der Waals surface area (Å²) in [7, 11) is 0. The summed E-state index contributed by atoms with van der Waals surface area (Å²) in [6.45, 7) is 4.91. The van der Waals surface area contributed by atoms with Gasteiger partial charge in [-0.1, -0.05) is 6.92 Å². The topological polar surface area (TPSA) is 84.5 Å². The van der Waals surface area contributed by atoms with Crippen molar-refractivity contribution in [2.45, 2.75) is 19.4 Å². The van der Waals surface area contributed by atoms with Gasteiger partial charge in [0.15, 0.2) is 0 Å². The van der Waals surface area contributed by atoms with Crippen molar-refractivity contribution < 1.29 is 4.79 Å². The molecule has 1 unspecified atom stereocenters. The van der Waals surface area contributed by atoms with Gasteiger partial charge in [-0.2, -0.15) is 5.10 Å². The lowest BCUT2D eigenvalue weighted by Crippen LogP contribution is -2.51. The molecule has 9 nitrogen and oxygen atoms in total. The van der Waals surface area contributed by atoms with Crippen LogP contribution < -0.4 is 4.90 Å². The largest absolute Gasteiger partial charge is 0.354 e. The first kappa shape index (κ1) is 15.6. The van der Waals surface area contributed by atoms with Crippen molar-refractivity contribution in [1.82, 2.24) is 34.3 Å². The number of hydrogen-bond acceptors (Lipinski definition) is 6. The molecular formula is C16H20N8O. The standard InChI is InChI=1S/C16H20N8O/c1-2-13(24-7-3-5-19-24)15(25)22-10-8-21(9-11-22)14-4-6-17-16-20-18-12-23(14)16/h3-7,12-13H,2,8-11H2,1H3. The molecule has 0 aromatic carbocycles. The summed E-state index contributed by atoms with van der Waals surface area (Å²) in [5.74, 6) is 1.72. The number of fused-ring (bicyclic) bond motifs is 1. The van der Waals surface area contributed by atoms with Crippen LogP contribution in [0.5, 0.6) is 0 Å². The summed E-state index contributed by atoms with van der Waals surface area (Å²) in [6, 6.07) is 3.57. The molecule has 3 aromatic rings. The minimum atomic E-state index is -0.230. The summed E-state index contributed by atoms with van der Waals surface area (Å²) < 4.78 is 3.62. The van der Waals surface area contributed by atoms with Gasteiger partial charge in [-0.3, -0.25) is 13.9 Å². The molecule has 0 aliphatic carbocycles. The Hall–Kier alpha value is -2.97. The van der Waals surface area contributed by atoms with Gasteiger partial charge in [0.05, 0.1) is 0 Å². The fourth-order valence-electron chi connectivity index (χ4n) is 3.29. The Morgan fingerprint density at radius 1 is 1.24 bits per heavy atom. The molecular weight excluding hydrogens is 320 g/mol. The monoisotopic (exact) mass is 340 g/mol. The molecule has 0 spiro atoms. The molecule has 9 heteroatoms. The number of rotatable bonds is 4. The van der Waals surface area contributed by atoms with Crippen molar-refractivity contribution in [3.63, 3.8) is 0 Å².